The largest absolute Gasteiger partial charge is 0.467 e. The summed E-state index contributed by atoms with van der Waals surface area (Å²) in [6.07, 6.45) is 0. The van der Waals surface area contributed by atoms with Gasteiger partial charge in [-0.15, -0.1) is 0 Å². The van der Waals surface area contributed by atoms with Crippen LogP contribution < -0.4 is 4.90 Å². The van der Waals surface area contributed by atoms with E-state index in [0.29, 0.717) is 23.1 Å². The summed E-state index contributed by atoms with van der Waals surface area (Å²) in [5, 5.41) is 0. The number of carbonyl (C=O) groups is 4. The van der Waals surface area contributed by atoms with Crippen LogP contribution in [0.2, 0.25) is 0 Å². The summed E-state index contributed by atoms with van der Waals surface area (Å²) >= 11 is 17.2. The molecule has 2 aromatic carbocycles. The van der Waals surface area contributed by atoms with Crippen molar-refractivity contribution in [2.24, 2.45) is 0 Å². The molecule has 12 heteroatoms. The Morgan fingerprint density at radius 3 is 1.89 bits per heavy atom. The molecule has 1 atom stereocenters. The Bertz CT molecular complexity index is 1100. The number of para-hydroxylation sites is 1. The zero-order valence-corrected chi connectivity index (χ0v) is 23.3. The van der Waals surface area contributed by atoms with E-state index in [1.807, 2.05) is 32.0 Å². The Kier molecular flexibility index (Phi) is 10.6. The molecule has 3 amide bonds. The van der Waals surface area contributed by atoms with E-state index >= 15 is 0 Å². The number of carbonyl (C=O) groups excluding carboxylic acids is 4. The van der Waals surface area contributed by atoms with Crippen LogP contribution in [0.5, 0.6) is 0 Å². The van der Waals surface area contributed by atoms with Crippen molar-refractivity contribution in [1.82, 2.24) is 4.31 Å². The molecule has 0 bridgehead atoms. The minimum Gasteiger partial charge on any atom is -0.467 e. The van der Waals surface area contributed by atoms with Crippen molar-refractivity contribution >= 4 is 76.1 Å². The van der Waals surface area contributed by atoms with Crippen LogP contribution in [0, 0.1) is 13.8 Å². The molecule has 0 saturated carbocycles. The number of ether oxygens (including phenoxy) is 2. The SMILES string of the molecule is COCC(=O)N(c1c(C)cccc1C)C(C)C(=O)OC.O=C1c2ccccc2C(=O)N1SC(Cl)(Cl)Cl. The molecule has 0 radical (unpaired) electrons. The molecule has 1 unspecified atom stereocenters. The summed E-state index contributed by atoms with van der Waals surface area (Å²) in [5.41, 5.74) is 3.23. The summed E-state index contributed by atoms with van der Waals surface area (Å²) in [6.45, 7) is 5.36. The number of nitrogens with zero attached hydrogens (tertiary/aromatic N) is 2. The molecule has 0 saturated heterocycles. The van der Waals surface area contributed by atoms with Crippen LogP contribution in [0.1, 0.15) is 38.8 Å². The lowest BCUT2D eigenvalue weighted by molar-refractivity contribution is -0.143. The van der Waals surface area contributed by atoms with E-state index in [4.69, 9.17) is 44.3 Å². The van der Waals surface area contributed by atoms with Crippen molar-refractivity contribution < 1.29 is 28.7 Å². The van der Waals surface area contributed by atoms with Gasteiger partial charge in [0.1, 0.15) is 12.6 Å². The van der Waals surface area contributed by atoms with E-state index in [0.717, 1.165) is 21.1 Å². The smallest absolute Gasteiger partial charge is 0.328 e. The van der Waals surface area contributed by atoms with E-state index in [1.54, 1.807) is 31.2 Å². The van der Waals surface area contributed by atoms with Gasteiger partial charge in [-0.1, -0.05) is 65.1 Å². The molecule has 0 aromatic heterocycles. The third kappa shape index (κ3) is 7.14. The van der Waals surface area contributed by atoms with Crippen LogP contribution >= 0.6 is 46.8 Å². The van der Waals surface area contributed by atoms with Gasteiger partial charge in [-0.3, -0.25) is 19.3 Å². The summed E-state index contributed by atoms with van der Waals surface area (Å²) in [6, 6.07) is 11.5. The number of benzene rings is 2. The van der Waals surface area contributed by atoms with Crippen molar-refractivity contribution in [2.45, 2.75) is 29.9 Å². The second kappa shape index (κ2) is 12.8. The maximum absolute atomic E-state index is 12.3. The fourth-order valence-corrected chi connectivity index (χ4v) is 4.73. The van der Waals surface area contributed by atoms with Crippen LogP contribution in [0.3, 0.4) is 0 Å². The Morgan fingerprint density at radius 2 is 1.47 bits per heavy atom. The summed E-state index contributed by atoms with van der Waals surface area (Å²) < 4.78 is 8.77. The number of imide groups is 1. The van der Waals surface area contributed by atoms with Crippen molar-refractivity contribution in [1.29, 1.82) is 0 Å². The van der Waals surface area contributed by atoms with Crippen LogP contribution in [0.4, 0.5) is 5.69 Å². The average Bonchev–Trinajstić information content (AvgIpc) is 3.05. The molecule has 1 aliphatic rings. The maximum atomic E-state index is 12.3. The molecule has 0 spiro atoms. The van der Waals surface area contributed by atoms with Gasteiger partial charge in [0.25, 0.3) is 20.8 Å². The van der Waals surface area contributed by atoms with E-state index in [9.17, 15) is 19.2 Å². The van der Waals surface area contributed by atoms with Gasteiger partial charge < -0.3 is 9.47 Å². The standard InChI is InChI=1S/C15H21NO4.C9H4Cl3NO2S/c1-10-7-6-8-11(2)14(10)16(13(17)9-19-4)12(3)15(18)20-5;10-9(11,12)16-13-7(14)5-3-1-2-4-6(5)8(13)15/h6-8,12H,9H2,1-5H3;1-4H. The fraction of sp³-hybridized carbons (Fsp3) is 0.333. The molecular weight excluding hydrogens is 551 g/mol. The summed E-state index contributed by atoms with van der Waals surface area (Å²) in [5.74, 6) is -1.66. The normalized spacial score (nSPS) is 13.5. The lowest BCUT2D eigenvalue weighted by Gasteiger charge is -2.30. The third-order valence-electron chi connectivity index (χ3n) is 5.10. The number of amides is 3. The summed E-state index contributed by atoms with van der Waals surface area (Å²) in [4.78, 5) is 49.1. The van der Waals surface area contributed by atoms with Crippen molar-refractivity contribution in [2.75, 3.05) is 25.7 Å². The first-order chi connectivity index (χ1) is 16.8. The number of hydrogen-bond acceptors (Lipinski definition) is 7. The molecular formula is C24H25Cl3N2O6S. The lowest BCUT2D eigenvalue weighted by Crippen LogP contribution is -2.46. The van der Waals surface area contributed by atoms with Gasteiger partial charge in [0.05, 0.1) is 23.9 Å². The van der Waals surface area contributed by atoms with Crippen LogP contribution in [-0.4, -0.2) is 58.0 Å². The number of fused-ring (bicyclic) bond motifs is 1. The Labute approximate surface area is 228 Å². The molecule has 0 fully saturated rings. The number of hydrogen-bond donors (Lipinski definition) is 0. The molecule has 8 nitrogen and oxygen atoms in total. The first kappa shape index (κ1) is 29.9. The van der Waals surface area contributed by atoms with Crippen molar-refractivity contribution in [3.63, 3.8) is 0 Å². The fourth-order valence-electron chi connectivity index (χ4n) is 3.54. The zero-order chi connectivity index (χ0) is 27.2. The molecule has 1 aliphatic heterocycles. The van der Waals surface area contributed by atoms with Gasteiger partial charge >= 0.3 is 5.97 Å². The Balaban J connectivity index is 0.000000259. The summed E-state index contributed by atoms with van der Waals surface area (Å²) in [7, 11) is 2.76. The quantitative estimate of drug-likeness (QED) is 0.205. The number of rotatable bonds is 6. The zero-order valence-electron chi connectivity index (χ0n) is 20.2. The van der Waals surface area contributed by atoms with E-state index in [1.165, 1.54) is 19.1 Å². The molecule has 0 aliphatic carbocycles. The van der Waals surface area contributed by atoms with Crippen molar-refractivity contribution in [3.05, 3.63) is 64.7 Å². The number of methoxy groups -OCH3 is 2. The topological polar surface area (TPSA) is 93.2 Å². The molecule has 1 heterocycles. The second-order valence-electron chi connectivity index (χ2n) is 7.62. The van der Waals surface area contributed by atoms with E-state index in [-0.39, 0.29) is 12.5 Å². The average molecular weight is 576 g/mol. The van der Waals surface area contributed by atoms with E-state index in [2.05, 4.69) is 0 Å². The number of esters is 1. The van der Waals surface area contributed by atoms with Gasteiger partial charge in [0.2, 0.25) is 0 Å². The molecule has 36 heavy (non-hydrogen) atoms. The maximum Gasteiger partial charge on any atom is 0.328 e. The van der Waals surface area contributed by atoms with E-state index < -0.39 is 27.0 Å². The highest BCUT2D eigenvalue weighted by Gasteiger charge is 2.40. The highest BCUT2D eigenvalue weighted by molar-refractivity contribution is 8.03. The monoisotopic (exact) mass is 574 g/mol. The number of aryl methyl sites for hydroxylation is 2. The van der Waals surface area contributed by atoms with Crippen LogP contribution in [-0.2, 0) is 19.1 Å². The minimum atomic E-state index is -1.74. The Hall–Kier alpha value is -2.30. The number of alkyl halides is 3. The first-order valence-corrected chi connectivity index (χ1v) is 12.4. The van der Waals surface area contributed by atoms with Gasteiger partial charge in [-0.25, -0.2) is 9.10 Å². The molecule has 0 N–H and O–H groups in total. The van der Waals surface area contributed by atoms with Gasteiger partial charge in [-0.2, -0.15) is 0 Å². The van der Waals surface area contributed by atoms with Crippen molar-refractivity contribution in [3.8, 4) is 0 Å². The highest BCUT2D eigenvalue weighted by atomic mass is 35.6. The highest BCUT2D eigenvalue weighted by Crippen LogP contribution is 2.44. The third-order valence-corrected chi connectivity index (χ3v) is 6.44. The van der Waals surface area contributed by atoms with Gasteiger partial charge in [0.15, 0.2) is 0 Å². The first-order valence-electron chi connectivity index (χ1n) is 10.5. The number of anilines is 1. The number of halogens is 3. The van der Waals surface area contributed by atoms with Gasteiger partial charge in [-0.05, 0) is 44.0 Å². The molecule has 194 valence electrons. The van der Waals surface area contributed by atoms with Crippen LogP contribution in [0.15, 0.2) is 42.5 Å². The lowest BCUT2D eigenvalue weighted by atomic mass is 10.1. The van der Waals surface area contributed by atoms with Crippen LogP contribution in [0.25, 0.3) is 0 Å². The molecule has 3 rings (SSSR count). The van der Waals surface area contributed by atoms with Gasteiger partial charge in [0, 0.05) is 19.1 Å². The predicted octanol–water partition coefficient (Wildman–Crippen LogP) is 5.10. The Morgan fingerprint density at radius 1 is 0.972 bits per heavy atom. The minimum absolute atomic E-state index is 0.0882. The predicted molar refractivity (Wildman–Crippen MR) is 142 cm³/mol. The molecule has 2 aromatic rings. The second-order valence-corrected chi connectivity index (χ2v) is 11.7.